The third kappa shape index (κ3) is 3.16. The molecule has 3 rings (SSSR count). The predicted octanol–water partition coefficient (Wildman–Crippen LogP) is 1.45. The van der Waals surface area contributed by atoms with Crippen molar-refractivity contribution in [1.82, 2.24) is 0 Å². The summed E-state index contributed by atoms with van der Waals surface area (Å²) in [6.45, 7) is 0. The lowest BCUT2D eigenvalue weighted by Gasteiger charge is -2.06. The van der Waals surface area contributed by atoms with E-state index in [-0.39, 0.29) is 34.0 Å². The Kier molecular flexibility index (Phi) is 3.66. The van der Waals surface area contributed by atoms with Crippen molar-refractivity contribution < 1.29 is 27.2 Å². The van der Waals surface area contributed by atoms with E-state index in [0.717, 1.165) is 6.07 Å². The number of aromatic hydroxyl groups is 2. The maximum Gasteiger partial charge on any atom is 0.380 e. The van der Waals surface area contributed by atoms with Crippen LogP contribution in [0.5, 0.6) is 17.2 Å². The Morgan fingerprint density at radius 2 is 1.71 bits per heavy atom. The minimum atomic E-state index is -4.13. The van der Waals surface area contributed by atoms with Crippen LogP contribution < -0.4 is 14.8 Å². The first kappa shape index (κ1) is 15.8. The van der Waals surface area contributed by atoms with Crippen LogP contribution in [0.25, 0.3) is 22.3 Å². The highest BCUT2D eigenvalue weighted by Gasteiger charge is 2.12. The molecule has 3 aromatic rings. The van der Waals surface area contributed by atoms with E-state index in [4.69, 9.17) is 9.56 Å². The average molecular weight is 349 g/mol. The van der Waals surface area contributed by atoms with Gasteiger partial charge in [-0.3, -0.25) is 4.79 Å². The smallest absolute Gasteiger partial charge is 0.380 e. The zero-order chi connectivity index (χ0) is 17.5. The van der Waals surface area contributed by atoms with Gasteiger partial charge in [-0.25, -0.2) is 0 Å². The first-order valence-corrected chi connectivity index (χ1v) is 8.02. The first-order valence-electron chi connectivity index (χ1n) is 6.55. The van der Waals surface area contributed by atoms with Crippen LogP contribution in [-0.4, -0.2) is 18.6 Å². The van der Waals surface area contributed by atoms with E-state index in [0.29, 0.717) is 5.56 Å². The Hall–Kier alpha value is -3.04. The molecule has 0 amide bonds. The van der Waals surface area contributed by atoms with Crippen molar-refractivity contribution in [3.8, 4) is 28.6 Å². The monoisotopic (exact) mass is 349 g/mol. The second-order valence-corrected chi connectivity index (χ2v) is 6.07. The molecule has 0 saturated carbocycles. The first-order chi connectivity index (χ1) is 11.2. The molecule has 0 spiro atoms. The van der Waals surface area contributed by atoms with Crippen LogP contribution in [0, 0.1) is 0 Å². The van der Waals surface area contributed by atoms with Gasteiger partial charge in [-0.15, -0.1) is 0 Å². The van der Waals surface area contributed by atoms with Crippen LogP contribution in [0.3, 0.4) is 0 Å². The summed E-state index contributed by atoms with van der Waals surface area (Å²) < 4.78 is 31.8. The molecule has 0 aliphatic rings. The molecule has 0 fully saturated rings. The molecular formula is C15H11NO7S. The minimum Gasteiger partial charge on any atom is -0.508 e. The molecule has 0 saturated heterocycles. The highest BCUT2D eigenvalue weighted by molar-refractivity contribution is 7.84. The molecule has 0 aliphatic heterocycles. The topological polar surface area (TPSA) is 140 Å². The Bertz CT molecular complexity index is 1090. The normalized spacial score (nSPS) is 11.5. The third-order valence-electron chi connectivity index (χ3n) is 3.15. The summed E-state index contributed by atoms with van der Waals surface area (Å²) in [6.07, 6.45) is 0. The van der Waals surface area contributed by atoms with Gasteiger partial charge < -0.3 is 18.8 Å². The Balaban J connectivity index is 2.08. The van der Waals surface area contributed by atoms with Crippen LogP contribution in [0.1, 0.15) is 0 Å². The van der Waals surface area contributed by atoms with Gasteiger partial charge in [-0.2, -0.15) is 13.6 Å². The largest absolute Gasteiger partial charge is 0.508 e. The van der Waals surface area contributed by atoms with Gasteiger partial charge in [0.2, 0.25) is 0 Å². The number of hydrogen-bond acceptors (Lipinski definition) is 7. The van der Waals surface area contributed by atoms with Crippen molar-refractivity contribution in [2.75, 3.05) is 0 Å². The van der Waals surface area contributed by atoms with Crippen molar-refractivity contribution in [3.63, 3.8) is 0 Å². The molecule has 1 heterocycles. The van der Waals surface area contributed by atoms with E-state index >= 15 is 0 Å². The molecule has 1 aromatic heterocycles. The number of benzene rings is 2. The molecule has 4 N–H and O–H groups in total. The summed E-state index contributed by atoms with van der Waals surface area (Å²) in [5, 5.41) is 24.0. The number of nitrogens with two attached hydrogens (primary N) is 1. The highest BCUT2D eigenvalue weighted by Crippen LogP contribution is 2.30. The number of phenolic OH excluding ortho intramolecular Hbond substituents is 2. The van der Waals surface area contributed by atoms with Gasteiger partial charge in [-0.1, -0.05) is 0 Å². The van der Waals surface area contributed by atoms with Crippen LogP contribution >= 0.6 is 0 Å². The van der Waals surface area contributed by atoms with Gasteiger partial charge in [0.25, 0.3) is 0 Å². The summed E-state index contributed by atoms with van der Waals surface area (Å²) in [5.41, 5.74) is -0.0212. The Labute approximate surface area is 135 Å². The van der Waals surface area contributed by atoms with Gasteiger partial charge in [0.1, 0.15) is 34.0 Å². The molecule has 0 radical (unpaired) electrons. The van der Waals surface area contributed by atoms with Gasteiger partial charge >= 0.3 is 10.3 Å². The van der Waals surface area contributed by atoms with Gasteiger partial charge in [0.15, 0.2) is 5.43 Å². The van der Waals surface area contributed by atoms with E-state index < -0.39 is 15.7 Å². The fraction of sp³-hybridized carbons (Fsp3) is 0. The van der Waals surface area contributed by atoms with E-state index in [1.807, 2.05) is 0 Å². The lowest BCUT2D eigenvalue weighted by atomic mass is 10.1. The van der Waals surface area contributed by atoms with Crippen molar-refractivity contribution in [3.05, 3.63) is 52.7 Å². The van der Waals surface area contributed by atoms with Crippen LogP contribution in [0.15, 0.2) is 51.7 Å². The summed E-state index contributed by atoms with van der Waals surface area (Å²) in [4.78, 5) is 12.1. The van der Waals surface area contributed by atoms with E-state index in [1.165, 1.54) is 36.4 Å². The zero-order valence-corrected chi connectivity index (χ0v) is 12.8. The Morgan fingerprint density at radius 3 is 2.33 bits per heavy atom. The van der Waals surface area contributed by atoms with Crippen LogP contribution in [-0.2, 0) is 10.3 Å². The predicted molar refractivity (Wildman–Crippen MR) is 85.0 cm³/mol. The molecule has 24 heavy (non-hydrogen) atoms. The Morgan fingerprint density at radius 1 is 1.04 bits per heavy atom. The fourth-order valence-corrected chi connectivity index (χ4v) is 2.58. The second-order valence-electron chi connectivity index (χ2n) is 4.91. The second kappa shape index (κ2) is 5.55. The molecular weight excluding hydrogens is 338 g/mol. The summed E-state index contributed by atoms with van der Waals surface area (Å²) in [6, 6.07) is 9.03. The number of rotatable bonds is 3. The van der Waals surface area contributed by atoms with Crippen molar-refractivity contribution in [1.29, 1.82) is 0 Å². The SMILES string of the molecule is NS(=O)(=O)Oc1ccc(-c2cc(=O)c3c(O)cc(O)cc3o2)cc1. The highest BCUT2D eigenvalue weighted by atomic mass is 32.2. The quantitative estimate of drug-likeness (QED) is 0.650. The molecule has 0 bridgehead atoms. The van der Waals surface area contributed by atoms with Gasteiger partial charge in [0.05, 0.1) is 0 Å². The molecule has 0 aliphatic carbocycles. The molecule has 0 atom stereocenters. The third-order valence-corrected chi connectivity index (χ3v) is 3.57. The van der Waals surface area contributed by atoms with E-state index in [9.17, 15) is 23.4 Å². The number of hydrogen-bond donors (Lipinski definition) is 3. The van der Waals surface area contributed by atoms with Crippen molar-refractivity contribution in [2.45, 2.75) is 0 Å². The molecule has 8 nitrogen and oxygen atoms in total. The van der Waals surface area contributed by atoms with Crippen LogP contribution in [0.2, 0.25) is 0 Å². The molecule has 124 valence electrons. The lowest BCUT2D eigenvalue weighted by molar-refractivity contribution is 0.452. The van der Waals surface area contributed by atoms with Crippen molar-refractivity contribution in [2.24, 2.45) is 5.14 Å². The van der Waals surface area contributed by atoms with Gasteiger partial charge in [-0.05, 0) is 24.3 Å². The van der Waals surface area contributed by atoms with E-state index in [1.54, 1.807) is 0 Å². The fourth-order valence-electron chi connectivity index (χ4n) is 2.21. The molecule has 0 unspecified atom stereocenters. The standard InChI is InChI=1S/C15H11NO7S/c16-24(20,21)23-10-3-1-8(2-4-10)13-7-12(19)15-11(18)5-9(17)6-14(15)22-13/h1-7,17-18H,(H2,16,20,21). The maximum absolute atomic E-state index is 12.1. The van der Waals surface area contributed by atoms with E-state index in [2.05, 4.69) is 4.18 Å². The average Bonchev–Trinajstić information content (AvgIpc) is 2.45. The molecule has 9 heteroatoms. The minimum absolute atomic E-state index is 0.000301. The summed E-state index contributed by atoms with van der Waals surface area (Å²) in [5.74, 6) is -0.473. The summed E-state index contributed by atoms with van der Waals surface area (Å²) in [7, 11) is -4.13. The molecule has 2 aromatic carbocycles. The number of phenols is 2. The number of fused-ring (bicyclic) bond motifs is 1. The lowest BCUT2D eigenvalue weighted by Crippen LogP contribution is -2.18. The van der Waals surface area contributed by atoms with Gasteiger partial charge in [0, 0.05) is 23.8 Å². The van der Waals surface area contributed by atoms with Crippen LogP contribution in [0.4, 0.5) is 0 Å². The summed E-state index contributed by atoms with van der Waals surface area (Å²) >= 11 is 0. The van der Waals surface area contributed by atoms with Crippen molar-refractivity contribution >= 4 is 21.3 Å². The maximum atomic E-state index is 12.1. The zero-order valence-electron chi connectivity index (χ0n) is 12.0.